The first-order chi connectivity index (χ1) is 9.47. The van der Waals surface area contributed by atoms with Gasteiger partial charge in [0.05, 0.1) is 5.41 Å². The summed E-state index contributed by atoms with van der Waals surface area (Å²) >= 11 is 12.2. The van der Waals surface area contributed by atoms with Crippen LogP contribution in [0.2, 0.25) is 10.0 Å². The summed E-state index contributed by atoms with van der Waals surface area (Å²) in [7, 11) is 0. The molecule has 1 fully saturated rings. The van der Waals surface area contributed by atoms with Gasteiger partial charge in [-0.2, -0.15) is 0 Å². The molecule has 0 saturated carbocycles. The van der Waals surface area contributed by atoms with Gasteiger partial charge in [-0.3, -0.25) is 9.69 Å². The summed E-state index contributed by atoms with van der Waals surface area (Å²) in [4.78, 5) is 13.7. The van der Waals surface area contributed by atoms with Crippen molar-refractivity contribution in [2.24, 2.45) is 5.41 Å². The third-order valence-corrected chi connectivity index (χ3v) is 4.62. The lowest BCUT2D eigenvalue weighted by molar-refractivity contribution is -0.148. The second kappa shape index (κ2) is 6.33. The number of aliphatic carboxylic acids is 1. The van der Waals surface area contributed by atoms with Gasteiger partial charge in [-0.05, 0) is 43.1 Å². The number of carboxylic acid groups (broad SMARTS) is 1. The molecule has 0 spiro atoms. The molecule has 3 nitrogen and oxygen atoms in total. The van der Waals surface area contributed by atoms with Gasteiger partial charge in [0.15, 0.2) is 0 Å². The van der Waals surface area contributed by atoms with E-state index in [0.717, 1.165) is 24.9 Å². The molecule has 110 valence electrons. The van der Waals surface area contributed by atoms with E-state index >= 15 is 0 Å². The highest BCUT2D eigenvalue weighted by Gasteiger charge is 2.43. The number of carboxylic acids is 1. The largest absolute Gasteiger partial charge is 0.481 e. The van der Waals surface area contributed by atoms with Gasteiger partial charge in [-0.15, -0.1) is 0 Å². The lowest BCUT2D eigenvalue weighted by atomic mass is 9.83. The predicted molar refractivity (Wildman–Crippen MR) is 81.3 cm³/mol. The minimum Gasteiger partial charge on any atom is -0.481 e. The van der Waals surface area contributed by atoms with Gasteiger partial charge in [-0.1, -0.05) is 36.5 Å². The molecule has 0 aromatic heterocycles. The first-order valence-corrected chi connectivity index (χ1v) is 7.62. The maximum atomic E-state index is 11.6. The summed E-state index contributed by atoms with van der Waals surface area (Å²) in [6.07, 6.45) is 2.31. The van der Waals surface area contributed by atoms with E-state index in [0.29, 0.717) is 29.6 Å². The number of benzene rings is 1. The summed E-state index contributed by atoms with van der Waals surface area (Å²) in [5, 5.41) is 10.8. The maximum Gasteiger partial charge on any atom is 0.310 e. The van der Waals surface area contributed by atoms with Crippen molar-refractivity contribution in [1.29, 1.82) is 0 Å². The number of halogens is 2. The molecular weight excluding hydrogens is 297 g/mol. The molecule has 1 aromatic rings. The highest BCUT2D eigenvalue weighted by atomic mass is 35.5. The molecule has 1 unspecified atom stereocenters. The maximum absolute atomic E-state index is 11.6. The molecule has 1 heterocycles. The molecule has 5 heteroatoms. The molecule has 20 heavy (non-hydrogen) atoms. The zero-order chi connectivity index (χ0) is 14.8. The fraction of sp³-hybridized carbons (Fsp3) is 0.533. The minimum atomic E-state index is -0.681. The van der Waals surface area contributed by atoms with Gasteiger partial charge in [0.25, 0.3) is 0 Å². The lowest BCUT2D eigenvalue weighted by Gasteiger charge is -2.24. The monoisotopic (exact) mass is 315 g/mol. The lowest BCUT2D eigenvalue weighted by Crippen LogP contribution is -2.34. The van der Waals surface area contributed by atoms with Crippen molar-refractivity contribution in [2.45, 2.75) is 32.7 Å². The summed E-state index contributed by atoms with van der Waals surface area (Å²) < 4.78 is 0. The van der Waals surface area contributed by atoms with E-state index in [1.54, 1.807) is 12.1 Å². The summed E-state index contributed by atoms with van der Waals surface area (Å²) in [5.41, 5.74) is 0.358. The molecule has 1 atom stereocenters. The standard InChI is InChI=1S/C15H19Cl2NO2/c1-2-5-15(14(19)20)6-7-18(10-15)9-11-8-12(16)3-4-13(11)17/h3-4,8H,2,5-7,9-10H2,1H3,(H,19,20). The van der Waals surface area contributed by atoms with Gasteiger partial charge in [0.1, 0.15) is 0 Å². The topological polar surface area (TPSA) is 40.5 Å². The van der Waals surface area contributed by atoms with Gasteiger partial charge < -0.3 is 5.11 Å². The third-order valence-electron chi connectivity index (χ3n) is 4.02. The Morgan fingerprint density at radius 3 is 2.85 bits per heavy atom. The van der Waals surface area contributed by atoms with Crippen molar-refractivity contribution in [3.05, 3.63) is 33.8 Å². The van der Waals surface area contributed by atoms with Crippen LogP contribution in [-0.4, -0.2) is 29.1 Å². The molecule has 1 aliphatic heterocycles. The second-order valence-corrected chi connectivity index (χ2v) is 6.38. The average molecular weight is 316 g/mol. The Morgan fingerprint density at radius 1 is 1.45 bits per heavy atom. The van der Waals surface area contributed by atoms with Crippen molar-refractivity contribution < 1.29 is 9.90 Å². The van der Waals surface area contributed by atoms with E-state index in [1.165, 1.54) is 0 Å². The van der Waals surface area contributed by atoms with Crippen molar-refractivity contribution in [1.82, 2.24) is 4.90 Å². The van der Waals surface area contributed by atoms with Crippen molar-refractivity contribution in [3.8, 4) is 0 Å². The van der Waals surface area contributed by atoms with Gasteiger partial charge >= 0.3 is 5.97 Å². The quantitative estimate of drug-likeness (QED) is 0.890. The zero-order valence-corrected chi connectivity index (χ0v) is 13.0. The van der Waals surface area contributed by atoms with Crippen LogP contribution in [0.25, 0.3) is 0 Å². The number of likely N-dealkylation sites (tertiary alicyclic amines) is 1. The Bertz CT molecular complexity index is 507. The van der Waals surface area contributed by atoms with E-state index in [1.807, 2.05) is 13.0 Å². The fourth-order valence-electron chi connectivity index (χ4n) is 2.96. The third kappa shape index (κ3) is 3.27. The van der Waals surface area contributed by atoms with Crippen LogP contribution >= 0.6 is 23.2 Å². The van der Waals surface area contributed by atoms with Crippen LogP contribution in [0, 0.1) is 5.41 Å². The van der Waals surface area contributed by atoms with Crippen LogP contribution in [0.3, 0.4) is 0 Å². The molecule has 1 saturated heterocycles. The highest BCUT2D eigenvalue weighted by molar-refractivity contribution is 6.33. The Morgan fingerprint density at radius 2 is 2.20 bits per heavy atom. The molecule has 1 aliphatic rings. The molecular formula is C15H19Cl2NO2. The van der Waals surface area contributed by atoms with Crippen molar-refractivity contribution in [2.75, 3.05) is 13.1 Å². The van der Waals surface area contributed by atoms with Gasteiger partial charge in [0, 0.05) is 23.1 Å². The summed E-state index contributed by atoms with van der Waals surface area (Å²) in [6.45, 7) is 4.05. The normalized spacial score (nSPS) is 23.1. The number of nitrogens with zero attached hydrogens (tertiary/aromatic N) is 1. The van der Waals surface area contributed by atoms with Crippen LogP contribution in [0.15, 0.2) is 18.2 Å². The van der Waals surface area contributed by atoms with Crippen LogP contribution < -0.4 is 0 Å². The number of hydrogen-bond donors (Lipinski definition) is 1. The predicted octanol–water partition coefficient (Wildman–Crippen LogP) is 4.07. The average Bonchev–Trinajstić information content (AvgIpc) is 2.79. The Kier molecular flexibility index (Phi) is 4.95. The summed E-state index contributed by atoms with van der Waals surface area (Å²) in [6, 6.07) is 5.40. The van der Waals surface area contributed by atoms with Crippen molar-refractivity contribution >= 4 is 29.2 Å². The first-order valence-electron chi connectivity index (χ1n) is 6.86. The molecule has 0 radical (unpaired) electrons. The fourth-order valence-corrected chi connectivity index (χ4v) is 3.33. The minimum absolute atomic E-state index is 0.582. The van der Waals surface area contributed by atoms with Crippen LogP contribution in [0.5, 0.6) is 0 Å². The second-order valence-electron chi connectivity index (χ2n) is 5.53. The van der Waals surface area contributed by atoms with Crippen molar-refractivity contribution in [3.63, 3.8) is 0 Å². The summed E-state index contributed by atoms with van der Waals surface area (Å²) in [5.74, 6) is -0.681. The molecule has 2 rings (SSSR count). The first kappa shape index (κ1) is 15.6. The highest BCUT2D eigenvalue weighted by Crippen LogP contribution is 2.36. The number of rotatable bonds is 5. The van der Waals surface area contributed by atoms with Crippen LogP contribution in [0.1, 0.15) is 31.7 Å². The van der Waals surface area contributed by atoms with E-state index in [9.17, 15) is 9.90 Å². The van der Waals surface area contributed by atoms with E-state index < -0.39 is 11.4 Å². The smallest absolute Gasteiger partial charge is 0.310 e. The molecule has 1 aromatic carbocycles. The number of hydrogen-bond acceptors (Lipinski definition) is 2. The Hall–Kier alpha value is -0.770. The molecule has 0 bridgehead atoms. The van der Waals surface area contributed by atoms with Gasteiger partial charge in [0.2, 0.25) is 0 Å². The molecule has 0 amide bonds. The number of carbonyl (C=O) groups is 1. The van der Waals surface area contributed by atoms with Crippen LogP contribution in [0.4, 0.5) is 0 Å². The SMILES string of the molecule is CCCC1(C(=O)O)CCN(Cc2cc(Cl)ccc2Cl)C1. The van der Waals surface area contributed by atoms with E-state index in [4.69, 9.17) is 23.2 Å². The Balaban J connectivity index is 2.09. The van der Waals surface area contributed by atoms with Crippen LogP contribution in [-0.2, 0) is 11.3 Å². The van der Waals surface area contributed by atoms with E-state index in [-0.39, 0.29) is 0 Å². The zero-order valence-electron chi connectivity index (χ0n) is 11.5. The van der Waals surface area contributed by atoms with E-state index in [2.05, 4.69) is 4.90 Å². The van der Waals surface area contributed by atoms with Gasteiger partial charge in [-0.25, -0.2) is 0 Å². The molecule has 1 N–H and O–H groups in total. The molecule has 0 aliphatic carbocycles. The Labute approximate surface area is 129 Å².